The normalized spacial score (nSPS) is 24.3. The summed E-state index contributed by atoms with van der Waals surface area (Å²) in [6.07, 6.45) is 10.5. The average molecular weight is 301 g/mol. The summed E-state index contributed by atoms with van der Waals surface area (Å²) in [5.74, 6) is 1.58. The van der Waals surface area contributed by atoms with Gasteiger partial charge in [0.05, 0.1) is 5.69 Å². The van der Waals surface area contributed by atoms with E-state index in [1.54, 1.807) is 0 Å². The summed E-state index contributed by atoms with van der Waals surface area (Å²) in [5, 5.41) is 3.41. The number of anilines is 2. The first-order valence-corrected chi connectivity index (χ1v) is 8.87. The van der Waals surface area contributed by atoms with Gasteiger partial charge < -0.3 is 16.0 Å². The second kappa shape index (κ2) is 5.69. The van der Waals surface area contributed by atoms with Crippen molar-refractivity contribution >= 4 is 11.8 Å². The Balaban J connectivity index is 1.66. The molecule has 120 valence electrons. The largest absolute Gasteiger partial charge is 0.368 e. The van der Waals surface area contributed by atoms with E-state index >= 15 is 0 Å². The van der Waals surface area contributed by atoms with Crippen molar-refractivity contribution in [2.45, 2.75) is 51.4 Å². The predicted octanol–water partition coefficient (Wildman–Crippen LogP) is 1.91. The number of fused-ring (bicyclic) bond motifs is 1. The lowest BCUT2D eigenvalue weighted by Crippen LogP contribution is -2.45. The fourth-order valence-electron chi connectivity index (χ4n) is 4.64. The van der Waals surface area contributed by atoms with E-state index in [2.05, 4.69) is 20.2 Å². The second-order valence-corrected chi connectivity index (χ2v) is 7.31. The molecule has 5 nitrogen and oxygen atoms in total. The Morgan fingerprint density at radius 2 is 1.77 bits per heavy atom. The molecule has 0 amide bonds. The average Bonchev–Trinajstić information content (AvgIpc) is 2.55. The number of nitrogens with zero attached hydrogens (tertiary/aromatic N) is 3. The Morgan fingerprint density at radius 3 is 2.55 bits per heavy atom. The van der Waals surface area contributed by atoms with Gasteiger partial charge in [-0.3, -0.25) is 0 Å². The summed E-state index contributed by atoms with van der Waals surface area (Å²) in [5.41, 5.74) is 9.18. The third-order valence-corrected chi connectivity index (χ3v) is 5.87. The number of hydrogen-bond acceptors (Lipinski definition) is 5. The van der Waals surface area contributed by atoms with Crippen LogP contribution >= 0.6 is 0 Å². The van der Waals surface area contributed by atoms with Crippen LogP contribution in [0.3, 0.4) is 0 Å². The zero-order valence-corrected chi connectivity index (χ0v) is 13.4. The van der Waals surface area contributed by atoms with E-state index in [9.17, 15) is 0 Å². The van der Waals surface area contributed by atoms with E-state index in [0.717, 1.165) is 44.8 Å². The SMILES string of the molecule is Nc1nc2c(c(N3CCNCC3)n1)CCC1(CCCCC1)C2. The Morgan fingerprint density at radius 1 is 1.00 bits per heavy atom. The molecule has 1 saturated carbocycles. The monoisotopic (exact) mass is 301 g/mol. The lowest BCUT2D eigenvalue weighted by atomic mass is 9.65. The summed E-state index contributed by atoms with van der Waals surface area (Å²) >= 11 is 0. The number of nitrogens with two attached hydrogens (primary N) is 1. The maximum absolute atomic E-state index is 6.04. The summed E-state index contributed by atoms with van der Waals surface area (Å²) in [6.45, 7) is 4.10. The topological polar surface area (TPSA) is 67.1 Å². The first-order valence-electron chi connectivity index (χ1n) is 8.87. The Kier molecular flexibility index (Phi) is 3.68. The molecule has 3 N–H and O–H groups in total. The van der Waals surface area contributed by atoms with Crippen LogP contribution in [-0.2, 0) is 12.8 Å². The molecule has 0 bridgehead atoms. The lowest BCUT2D eigenvalue weighted by Gasteiger charge is -2.42. The summed E-state index contributed by atoms with van der Waals surface area (Å²) < 4.78 is 0. The van der Waals surface area contributed by atoms with Crippen molar-refractivity contribution in [2.24, 2.45) is 5.41 Å². The number of rotatable bonds is 1. The van der Waals surface area contributed by atoms with Crippen molar-refractivity contribution < 1.29 is 0 Å². The van der Waals surface area contributed by atoms with Crippen LogP contribution in [0.4, 0.5) is 11.8 Å². The van der Waals surface area contributed by atoms with Crippen LogP contribution in [-0.4, -0.2) is 36.1 Å². The molecule has 2 heterocycles. The van der Waals surface area contributed by atoms with E-state index < -0.39 is 0 Å². The van der Waals surface area contributed by atoms with Gasteiger partial charge in [-0.05, 0) is 37.5 Å². The third kappa shape index (κ3) is 2.56. The number of hydrogen-bond donors (Lipinski definition) is 2. The van der Waals surface area contributed by atoms with Crippen LogP contribution < -0.4 is 16.0 Å². The van der Waals surface area contributed by atoms with Crippen LogP contribution in [0.1, 0.15) is 49.8 Å². The van der Waals surface area contributed by atoms with Crippen molar-refractivity contribution in [1.29, 1.82) is 0 Å². The summed E-state index contributed by atoms with van der Waals surface area (Å²) in [6, 6.07) is 0. The predicted molar refractivity (Wildman–Crippen MR) is 89.1 cm³/mol. The van der Waals surface area contributed by atoms with Gasteiger partial charge in [-0.1, -0.05) is 19.3 Å². The summed E-state index contributed by atoms with van der Waals surface area (Å²) in [4.78, 5) is 11.6. The Hall–Kier alpha value is -1.36. The van der Waals surface area contributed by atoms with Crippen LogP contribution in [0.5, 0.6) is 0 Å². The number of nitrogens with one attached hydrogen (secondary N) is 1. The maximum Gasteiger partial charge on any atom is 0.222 e. The van der Waals surface area contributed by atoms with Crippen molar-refractivity contribution in [3.05, 3.63) is 11.3 Å². The number of piperazine rings is 1. The molecule has 1 aromatic heterocycles. The highest BCUT2D eigenvalue weighted by Gasteiger charge is 2.38. The molecule has 0 radical (unpaired) electrons. The molecule has 0 unspecified atom stereocenters. The third-order valence-electron chi connectivity index (χ3n) is 5.87. The first-order chi connectivity index (χ1) is 10.8. The van der Waals surface area contributed by atoms with Crippen molar-refractivity contribution in [3.8, 4) is 0 Å². The standard InChI is InChI=1S/C17H27N5/c18-16-20-14-12-17(5-2-1-3-6-17)7-4-13(14)15(21-16)22-10-8-19-9-11-22/h19H,1-12H2,(H2,18,20,21). The molecule has 0 aromatic carbocycles. The van der Waals surface area contributed by atoms with Gasteiger partial charge in [0.2, 0.25) is 5.95 Å². The molecule has 2 aliphatic carbocycles. The van der Waals surface area contributed by atoms with Crippen LogP contribution in [0.2, 0.25) is 0 Å². The molecule has 2 fully saturated rings. The highest BCUT2D eigenvalue weighted by molar-refractivity contribution is 5.53. The van der Waals surface area contributed by atoms with Crippen LogP contribution in [0.15, 0.2) is 0 Å². The summed E-state index contributed by atoms with van der Waals surface area (Å²) in [7, 11) is 0. The van der Waals surface area contributed by atoms with Gasteiger partial charge in [-0.25, -0.2) is 4.98 Å². The van der Waals surface area contributed by atoms with E-state index in [1.165, 1.54) is 49.8 Å². The smallest absolute Gasteiger partial charge is 0.222 e. The molecule has 1 spiro atoms. The minimum Gasteiger partial charge on any atom is -0.368 e. The van der Waals surface area contributed by atoms with Crippen LogP contribution in [0.25, 0.3) is 0 Å². The zero-order chi connectivity index (χ0) is 15.0. The molecule has 0 atom stereocenters. The van der Waals surface area contributed by atoms with Gasteiger partial charge >= 0.3 is 0 Å². The number of aromatic nitrogens is 2. The van der Waals surface area contributed by atoms with E-state index in [0.29, 0.717) is 11.4 Å². The fourth-order valence-corrected chi connectivity index (χ4v) is 4.64. The van der Waals surface area contributed by atoms with Gasteiger partial charge in [-0.15, -0.1) is 0 Å². The highest BCUT2D eigenvalue weighted by atomic mass is 15.2. The van der Waals surface area contributed by atoms with E-state index in [-0.39, 0.29) is 0 Å². The van der Waals surface area contributed by atoms with Gasteiger partial charge in [0.15, 0.2) is 0 Å². The minimum absolute atomic E-state index is 0.458. The molecule has 1 aromatic rings. The quantitative estimate of drug-likeness (QED) is 0.829. The minimum atomic E-state index is 0.458. The van der Waals surface area contributed by atoms with Gasteiger partial charge in [0.1, 0.15) is 5.82 Å². The fraction of sp³-hybridized carbons (Fsp3) is 0.765. The van der Waals surface area contributed by atoms with Gasteiger partial charge in [-0.2, -0.15) is 4.98 Å². The Bertz CT molecular complexity index is 544. The van der Waals surface area contributed by atoms with Crippen LogP contribution in [0, 0.1) is 5.41 Å². The van der Waals surface area contributed by atoms with Crippen molar-refractivity contribution in [3.63, 3.8) is 0 Å². The molecule has 4 rings (SSSR count). The number of nitrogen functional groups attached to an aromatic ring is 1. The maximum atomic E-state index is 6.04. The first kappa shape index (κ1) is 14.2. The van der Waals surface area contributed by atoms with E-state index in [1.807, 2.05) is 0 Å². The molecular weight excluding hydrogens is 274 g/mol. The molecule has 1 saturated heterocycles. The van der Waals surface area contributed by atoms with Crippen molar-refractivity contribution in [1.82, 2.24) is 15.3 Å². The van der Waals surface area contributed by atoms with E-state index in [4.69, 9.17) is 5.73 Å². The zero-order valence-electron chi connectivity index (χ0n) is 13.4. The lowest BCUT2D eigenvalue weighted by molar-refractivity contribution is 0.160. The molecular formula is C17H27N5. The second-order valence-electron chi connectivity index (χ2n) is 7.31. The van der Waals surface area contributed by atoms with Gasteiger partial charge in [0, 0.05) is 31.7 Å². The molecule has 22 heavy (non-hydrogen) atoms. The van der Waals surface area contributed by atoms with Crippen molar-refractivity contribution in [2.75, 3.05) is 36.8 Å². The molecule has 1 aliphatic heterocycles. The Labute approximate surface area is 132 Å². The molecule has 5 heteroatoms. The highest BCUT2D eigenvalue weighted by Crippen LogP contribution is 2.47. The molecule has 3 aliphatic rings. The van der Waals surface area contributed by atoms with Gasteiger partial charge in [0.25, 0.3) is 0 Å².